The van der Waals surface area contributed by atoms with Crippen molar-refractivity contribution in [3.8, 4) is 0 Å². The van der Waals surface area contributed by atoms with Gasteiger partial charge in [0.25, 0.3) is 5.69 Å². The molecule has 1 aliphatic heterocycles. The first-order valence-electron chi connectivity index (χ1n) is 8.64. The summed E-state index contributed by atoms with van der Waals surface area (Å²) in [5.41, 5.74) is 3.18. The quantitative estimate of drug-likeness (QED) is 0.557. The van der Waals surface area contributed by atoms with E-state index in [4.69, 9.17) is 0 Å². The van der Waals surface area contributed by atoms with Crippen molar-refractivity contribution in [2.45, 2.75) is 19.9 Å². The lowest BCUT2D eigenvalue weighted by molar-refractivity contribution is -0.384. The van der Waals surface area contributed by atoms with Crippen LogP contribution < -0.4 is 16.0 Å². The third-order valence-electron chi connectivity index (χ3n) is 4.48. The maximum atomic E-state index is 13.0. The summed E-state index contributed by atoms with van der Waals surface area (Å²) in [4.78, 5) is 35.5. The van der Waals surface area contributed by atoms with E-state index in [0.29, 0.717) is 11.3 Å². The van der Waals surface area contributed by atoms with Crippen molar-refractivity contribution in [3.05, 3.63) is 81.5 Å². The van der Waals surface area contributed by atoms with E-state index >= 15 is 0 Å². The molecule has 8 nitrogen and oxygen atoms in total. The maximum Gasteiger partial charge on any atom is 0.319 e. The van der Waals surface area contributed by atoms with Gasteiger partial charge in [0.15, 0.2) is 0 Å². The number of nitrogens with zero attached hydrogens (tertiary/aromatic N) is 1. The summed E-state index contributed by atoms with van der Waals surface area (Å²) < 4.78 is 0. The smallest absolute Gasteiger partial charge is 0.319 e. The highest BCUT2D eigenvalue weighted by molar-refractivity contribution is 5.97. The molecule has 2 aromatic rings. The number of non-ortho nitro benzene ring substituents is 1. The maximum absolute atomic E-state index is 13.0. The fourth-order valence-electron chi connectivity index (χ4n) is 3.37. The SMILES string of the molecule is C=C1NC(=O)N[C@H](c2cccc([N+](=O)[O-])c2)[C@@H]1C(=O)Nc1cc(C)cc(C)c1. The number of aryl methyl sites for hydroxylation is 2. The van der Waals surface area contributed by atoms with Crippen LogP contribution in [-0.2, 0) is 4.79 Å². The van der Waals surface area contributed by atoms with Gasteiger partial charge in [-0.2, -0.15) is 0 Å². The molecule has 1 saturated heterocycles. The standard InChI is InChI=1S/C20H20N4O4/c1-11-7-12(2)9-15(8-11)22-19(25)17-13(3)21-20(26)23-18(17)14-5-4-6-16(10-14)24(27)28/h4-10,17-18H,3H2,1-2H3,(H,22,25)(H2,21,23,26)/t17-,18-/m1/s1. The minimum atomic E-state index is -0.847. The monoisotopic (exact) mass is 380 g/mol. The van der Waals surface area contributed by atoms with Gasteiger partial charge >= 0.3 is 6.03 Å². The van der Waals surface area contributed by atoms with Gasteiger partial charge in [0.1, 0.15) is 5.92 Å². The summed E-state index contributed by atoms with van der Waals surface area (Å²) in [6, 6.07) is 10.2. The largest absolute Gasteiger partial charge is 0.330 e. The number of hydrogen-bond donors (Lipinski definition) is 3. The van der Waals surface area contributed by atoms with Crippen molar-refractivity contribution in [1.29, 1.82) is 0 Å². The molecule has 3 N–H and O–H groups in total. The van der Waals surface area contributed by atoms with Crippen LogP contribution in [0, 0.1) is 29.9 Å². The Hall–Kier alpha value is -3.68. The Kier molecular flexibility index (Phi) is 5.12. The summed E-state index contributed by atoms with van der Waals surface area (Å²) in [5.74, 6) is -1.22. The molecule has 0 saturated carbocycles. The Morgan fingerprint density at radius 3 is 2.50 bits per heavy atom. The fraction of sp³-hybridized carbons (Fsp3) is 0.200. The van der Waals surface area contributed by atoms with Gasteiger partial charge in [-0.15, -0.1) is 0 Å². The van der Waals surface area contributed by atoms with Gasteiger partial charge in [-0.3, -0.25) is 14.9 Å². The lowest BCUT2D eigenvalue weighted by atomic mass is 9.88. The van der Waals surface area contributed by atoms with Gasteiger partial charge in [-0.05, 0) is 42.7 Å². The summed E-state index contributed by atoms with van der Waals surface area (Å²) >= 11 is 0. The molecule has 1 heterocycles. The van der Waals surface area contributed by atoms with Gasteiger partial charge in [0, 0.05) is 23.5 Å². The number of benzene rings is 2. The van der Waals surface area contributed by atoms with Crippen LogP contribution in [0.1, 0.15) is 22.7 Å². The van der Waals surface area contributed by atoms with Crippen LogP contribution in [0.3, 0.4) is 0 Å². The van der Waals surface area contributed by atoms with E-state index in [9.17, 15) is 19.7 Å². The Labute approximate surface area is 161 Å². The van der Waals surface area contributed by atoms with E-state index in [1.54, 1.807) is 6.07 Å². The lowest BCUT2D eigenvalue weighted by Crippen LogP contribution is -2.51. The normalized spacial score (nSPS) is 18.8. The van der Waals surface area contributed by atoms with Crippen molar-refractivity contribution in [2.24, 2.45) is 5.92 Å². The highest BCUT2D eigenvalue weighted by atomic mass is 16.6. The van der Waals surface area contributed by atoms with E-state index in [0.717, 1.165) is 11.1 Å². The van der Waals surface area contributed by atoms with Crippen LogP contribution in [0.2, 0.25) is 0 Å². The fourth-order valence-corrected chi connectivity index (χ4v) is 3.37. The van der Waals surface area contributed by atoms with E-state index in [1.807, 2.05) is 32.0 Å². The van der Waals surface area contributed by atoms with Crippen molar-refractivity contribution < 1.29 is 14.5 Å². The molecule has 144 valence electrons. The van der Waals surface area contributed by atoms with E-state index in [1.165, 1.54) is 18.2 Å². The van der Waals surface area contributed by atoms with Crippen LogP contribution in [0.15, 0.2) is 54.7 Å². The highest BCUT2D eigenvalue weighted by Crippen LogP contribution is 2.32. The topological polar surface area (TPSA) is 113 Å². The van der Waals surface area contributed by atoms with Crippen LogP contribution >= 0.6 is 0 Å². The zero-order valence-corrected chi connectivity index (χ0v) is 15.5. The lowest BCUT2D eigenvalue weighted by Gasteiger charge is -2.33. The number of carbonyl (C=O) groups excluding carboxylic acids is 2. The molecular weight excluding hydrogens is 360 g/mol. The van der Waals surface area contributed by atoms with Crippen LogP contribution in [0.5, 0.6) is 0 Å². The molecule has 8 heteroatoms. The minimum Gasteiger partial charge on any atom is -0.330 e. The Morgan fingerprint density at radius 2 is 1.86 bits per heavy atom. The third-order valence-corrected chi connectivity index (χ3v) is 4.48. The third kappa shape index (κ3) is 4.01. The highest BCUT2D eigenvalue weighted by Gasteiger charge is 2.38. The molecule has 0 radical (unpaired) electrons. The number of nitrogens with one attached hydrogen (secondary N) is 3. The second-order valence-corrected chi connectivity index (χ2v) is 6.80. The van der Waals surface area contributed by atoms with Crippen LogP contribution in [-0.4, -0.2) is 16.9 Å². The predicted octanol–water partition coefficient (Wildman–Crippen LogP) is 3.33. The molecule has 28 heavy (non-hydrogen) atoms. The molecule has 0 bridgehead atoms. The number of anilines is 1. The average molecular weight is 380 g/mol. The number of hydrogen-bond acceptors (Lipinski definition) is 4. The van der Waals surface area contributed by atoms with Gasteiger partial charge in [-0.25, -0.2) is 4.79 Å². The second-order valence-electron chi connectivity index (χ2n) is 6.80. The second kappa shape index (κ2) is 7.51. The molecule has 0 aromatic heterocycles. The Balaban J connectivity index is 1.94. The molecule has 0 unspecified atom stereocenters. The number of rotatable bonds is 4. The van der Waals surface area contributed by atoms with E-state index in [2.05, 4.69) is 22.5 Å². The minimum absolute atomic E-state index is 0.121. The van der Waals surface area contributed by atoms with Gasteiger partial charge in [-0.1, -0.05) is 24.8 Å². The summed E-state index contributed by atoms with van der Waals surface area (Å²) in [6.45, 7) is 7.66. The van der Waals surface area contributed by atoms with Gasteiger partial charge < -0.3 is 16.0 Å². The first kappa shape index (κ1) is 19.1. The molecule has 3 amide bonds. The first-order valence-corrected chi connectivity index (χ1v) is 8.64. The Morgan fingerprint density at radius 1 is 1.18 bits per heavy atom. The van der Waals surface area contributed by atoms with E-state index < -0.39 is 22.9 Å². The molecule has 1 aliphatic rings. The summed E-state index contributed by atoms with van der Waals surface area (Å²) in [5, 5.41) is 19.1. The van der Waals surface area contributed by atoms with Crippen LogP contribution in [0.4, 0.5) is 16.2 Å². The molecule has 2 atom stereocenters. The molecule has 2 aromatic carbocycles. The van der Waals surface area contributed by atoms with E-state index in [-0.39, 0.29) is 17.3 Å². The Bertz CT molecular complexity index is 966. The number of nitro groups is 1. The number of urea groups is 1. The summed E-state index contributed by atoms with van der Waals surface area (Å²) in [6.07, 6.45) is 0. The molecule has 0 spiro atoms. The molecular formula is C20H20N4O4. The molecule has 1 fully saturated rings. The number of amides is 3. The van der Waals surface area contributed by atoms with Crippen molar-refractivity contribution in [3.63, 3.8) is 0 Å². The molecule has 3 rings (SSSR count). The predicted molar refractivity (Wildman–Crippen MR) is 105 cm³/mol. The molecule has 0 aliphatic carbocycles. The number of nitro benzene ring substituents is 1. The van der Waals surface area contributed by atoms with Gasteiger partial charge in [0.05, 0.1) is 11.0 Å². The van der Waals surface area contributed by atoms with Crippen molar-refractivity contribution in [1.82, 2.24) is 10.6 Å². The number of carbonyl (C=O) groups is 2. The van der Waals surface area contributed by atoms with Gasteiger partial charge in [0.2, 0.25) is 5.91 Å². The first-order chi connectivity index (χ1) is 13.2. The van der Waals surface area contributed by atoms with Crippen molar-refractivity contribution >= 4 is 23.3 Å². The van der Waals surface area contributed by atoms with Crippen molar-refractivity contribution in [2.75, 3.05) is 5.32 Å². The zero-order chi connectivity index (χ0) is 20.4. The summed E-state index contributed by atoms with van der Waals surface area (Å²) in [7, 11) is 0. The zero-order valence-electron chi connectivity index (χ0n) is 15.5. The van der Waals surface area contributed by atoms with Crippen LogP contribution in [0.25, 0.3) is 0 Å². The average Bonchev–Trinajstić information content (AvgIpc) is 2.60.